The van der Waals surface area contributed by atoms with E-state index in [4.69, 9.17) is 0 Å². The van der Waals surface area contributed by atoms with Crippen LogP contribution in [0.5, 0.6) is 0 Å². The number of pyridine rings is 1. The predicted octanol–water partition coefficient (Wildman–Crippen LogP) is 2.22. The Balaban J connectivity index is 2.17. The minimum absolute atomic E-state index is 0.0738. The Morgan fingerprint density at radius 1 is 0.938 bits per heavy atom. The summed E-state index contributed by atoms with van der Waals surface area (Å²) in [4.78, 5) is 53.8. The quantitative estimate of drug-likeness (QED) is 0.544. The van der Waals surface area contributed by atoms with E-state index in [9.17, 15) is 19.2 Å². The number of rotatable bonds is 8. The van der Waals surface area contributed by atoms with Gasteiger partial charge >= 0.3 is 0 Å². The molecule has 3 amide bonds. The van der Waals surface area contributed by atoms with Crippen LogP contribution in [0.1, 0.15) is 51.9 Å². The molecule has 0 aliphatic carbocycles. The first-order valence-corrected chi connectivity index (χ1v) is 10.6. The molecule has 0 bridgehead atoms. The number of hydrogen-bond acceptors (Lipinski definition) is 5. The molecule has 1 heterocycles. The SMILES string of the molecule is CC(C)[C@@H](C=O)NC(=O)[C@H](C)NC(=O)[C@@H](NC(=O)c1cncc2ccccc12)C(C)(C)C. The van der Waals surface area contributed by atoms with Crippen molar-refractivity contribution in [3.8, 4) is 0 Å². The van der Waals surface area contributed by atoms with Gasteiger partial charge < -0.3 is 20.7 Å². The maximum atomic E-state index is 13.0. The minimum atomic E-state index is -0.906. The number of nitrogens with zero attached hydrogens (tertiary/aromatic N) is 1. The van der Waals surface area contributed by atoms with Gasteiger partial charge in [-0.15, -0.1) is 0 Å². The second kappa shape index (κ2) is 10.3. The van der Waals surface area contributed by atoms with Crippen molar-refractivity contribution >= 4 is 34.8 Å². The molecule has 0 unspecified atom stereocenters. The molecule has 172 valence electrons. The third-order valence-corrected chi connectivity index (χ3v) is 5.24. The lowest BCUT2D eigenvalue weighted by molar-refractivity contribution is -0.131. The second-order valence-corrected chi connectivity index (χ2v) is 9.33. The maximum absolute atomic E-state index is 13.0. The van der Waals surface area contributed by atoms with E-state index < -0.39 is 41.3 Å². The highest BCUT2D eigenvalue weighted by Gasteiger charge is 2.35. The highest BCUT2D eigenvalue weighted by atomic mass is 16.2. The van der Waals surface area contributed by atoms with Gasteiger partial charge in [-0.3, -0.25) is 19.4 Å². The molecule has 1 aromatic heterocycles. The van der Waals surface area contributed by atoms with Crippen molar-refractivity contribution in [1.82, 2.24) is 20.9 Å². The fourth-order valence-corrected chi connectivity index (χ4v) is 3.19. The van der Waals surface area contributed by atoms with Crippen LogP contribution in [-0.4, -0.2) is 47.1 Å². The topological polar surface area (TPSA) is 117 Å². The van der Waals surface area contributed by atoms with Gasteiger partial charge in [0.05, 0.1) is 11.6 Å². The summed E-state index contributed by atoms with van der Waals surface area (Å²) >= 11 is 0. The molecule has 0 spiro atoms. The van der Waals surface area contributed by atoms with Gasteiger partial charge in [0.1, 0.15) is 18.4 Å². The molecule has 8 nitrogen and oxygen atoms in total. The van der Waals surface area contributed by atoms with Gasteiger partial charge in [0.2, 0.25) is 11.8 Å². The Morgan fingerprint density at radius 3 is 2.19 bits per heavy atom. The van der Waals surface area contributed by atoms with Crippen LogP contribution in [-0.2, 0) is 14.4 Å². The van der Waals surface area contributed by atoms with Crippen LogP contribution in [0.3, 0.4) is 0 Å². The normalized spacial score (nSPS) is 14.3. The smallest absolute Gasteiger partial charge is 0.254 e. The van der Waals surface area contributed by atoms with Crippen LogP contribution >= 0.6 is 0 Å². The lowest BCUT2D eigenvalue weighted by Crippen LogP contribution is -2.58. The zero-order valence-corrected chi connectivity index (χ0v) is 19.4. The van der Waals surface area contributed by atoms with Crippen LogP contribution < -0.4 is 16.0 Å². The molecule has 8 heteroatoms. The third-order valence-electron chi connectivity index (χ3n) is 5.24. The van der Waals surface area contributed by atoms with Gasteiger partial charge in [-0.1, -0.05) is 58.9 Å². The number of aromatic nitrogens is 1. The van der Waals surface area contributed by atoms with Crippen molar-refractivity contribution in [2.75, 3.05) is 0 Å². The number of benzene rings is 1. The molecule has 1 aromatic carbocycles. The second-order valence-electron chi connectivity index (χ2n) is 9.33. The fraction of sp³-hybridized carbons (Fsp3) is 0.458. The number of amides is 3. The van der Waals surface area contributed by atoms with E-state index in [-0.39, 0.29) is 5.92 Å². The number of aldehydes is 1. The Bertz CT molecular complexity index is 992. The van der Waals surface area contributed by atoms with Crippen molar-refractivity contribution in [2.24, 2.45) is 11.3 Å². The molecule has 0 fully saturated rings. The van der Waals surface area contributed by atoms with Crippen LogP contribution in [0, 0.1) is 11.3 Å². The molecule has 2 aromatic rings. The van der Waals surface area contributed by atoms with Gasteiger partial charge in [-0.25, -0.2) is 0 Å². The Morgan fingerprint density at radius 2 is 1.59 bits per heavy atom. The van der Waals surface area contributed by atoms with Crippen molar-refractivity contribution in [3.05, 3.63) is 42.2 Å². The first-order valence-electron chi connectivity index (χ1n) is 10.6. The number of hydrogen-bond donors (Lipinski definition) is 3. The highest BCUT2D eigenvalue weighted by Crippen LogP contribution is 2.22. The van der Waals surface area contributed by atoms with Crippen molar-refractivity contribution in [1.29, 1.82) is 0 Å². The Labute approximate surface area is 188 Å². The maximum Gasteiger partial charge on any atom is 0.254 e. The van der Waals surface area contributed by atoms with Gasteiger partial charge in [-0.05, 0) is 23.6 Å². The van der Waals surface area contributed by atoms with E-state index in [1.807, 2.05) is 58.9 Å². The lowest BCUT2D eigenvalue weighted by Gasteiger charge is -2.31. The number of carbonyl (C=O) groups excluding carboxylic acids is 4. The van der Waals surface area contributed by atoms with Gasteiger partial charge in [-0.2, -0.15) is 0 Å². The zero-order chi connectivity index (χ0) is 24.1. The number of carbonyl (C=O) groups is 4. The van der Waals surface area contributed by atoms with Gasteiger partial charge in [0, 0.05) is 17.8 Å². The summed E-state index contributed by atoms with van der Waals surface area (Å²) in [6.45, 7) is 10.6. The largest absolute Gasteiger partial charge is 0.345 e. The van der Waals surface area contributed by atoms with Crippen LogP contribution in [0.25, 0.3) is 10.8 Å². The van der Waals surface area contributed by atoms with E-state index in [1.165, 1.54) is 13.1 Å². The molecule has 0 aliphatic rings. The predicted molar refractivity (Wildman–Crippen MR) is 123 cm³/mol. The van der Waals surface area contributed by atoms with E-state index in [1.54, 1.807) is 6.20 Å². The van der Waals surface area contributed by atoms with E-state index in [0.29, 0.717) is 11.8 Å². The summed E-state index contributed by atoms with van der Waals surface area (Å²) in [6, 6.07) is 4.94. The number of nitrogens with one attached hydrogen (secondary N) is 3. The van der Waals surface area contributed by atoms with Crippen LogP contribution in [0.15, 0.2) is 36.7 Å². The molecular formula is C24H32N4O4. The lowest BCUT2D eigenvalue weighted by atomic mass is 9.85. The molecular weight excluding hydrogens is 408 g/mol. The molecule has 3 atom stereocenters. The summed E-state index contributed by atoms with van der Waals surface area (Å²) < 4.78 is 0. The standard InChI is InChI=1S/C24H32N4O4/c1-14(2)19(13-29)27-21(30)15(3)26-23(32)20(24(4,5)6)28-22(31)18-12-25-11-16-9-7-8-10-17(16)18/h7-15,19-20H,1-6H3,(H,26,32)(H,27,30)(H,28,31)/t15-,19+,20+/m0/s1. The summed E-state index contributed by atoms with van der Waals surface area (Å²) in [5.41, 5.74) is -0.265. The summed E-state index contributed by atoms with van der Waals surface area (Å²) in [7, 11) is 0. The number of fused-ring (bicyclic) bond motifs is 1. The summed E-state index contributed by atoms with van der Waals surface area (Å²) in [6.07, 6.45) is 3.81. The van der Waals surface area contributed by atoms with Crippen LogP contribution in [0.2, 0.25) is 0 Å². The molecule has 0 saturated heterocycles. The van der Waals surface area contributed by atoms with Crippen molar-refractivity contribution in [3.63, 3.8) is 0 Å². The molecule has 2 rings (SSSR count). The van der Waals surface area contributed by atoms with Gasteiger partial charge in [0.15, 0.2) is 0 Å². The minimum Gasteiger partial charge on any atom is -0.345 e. The molecule has 0 saturated carbocycles. The molecule has 32 heavy (non-hydrogen) atoms. The Kier molecular flexibility index (Phi) is 8.08. The average Bonchev–Trinajstić information content (AvgIpc) is 2.73. The fourth-order valence-electron chi connectivity index (χ4n) is 3.19. The van der Waals surface area contributed by atoms with Crippen molar-refractivity contribution in [2.45, 2.75) is 59.7 Å². The highest BCUT2D eigenvalue weighted by molar-refractivity contribution is 6.07. The molecule has 3 N–H and O–H groups in total. The van der Waals surface area contributed by atoms with E-state index >= 15 is 0 Å². The van der Waals surface area contributed by atoms with Gasteiger partial charge in [0.25, 0.3) is 5.91 Å². The summed E-state index contributed by atoms with van der Waals surface area (Å²) in [5.74, 6) is -1.46. The molecule has 0 radical (unpaired) electrons. The molecule has 0 aliphatic heterocycles. The van der Waals surface area contributed by atoms with Crippen LogP contribution in [0.4, 0.5) is 0 Å². The monoisotopic (exact) mass is 440 g/mol. The first-order chi connectivity index (χ1) is 15.0. The Hall–Kier alpha value is -3.29. The van der Waals surface area contributed by atoms with E-state index in [2.05, 4.69) is 20.9 Å². The third kappa shape index (κ3) is 6.12. The first kappa shape index (κ1) is 25.0. The summed E-state index contributed by atoms with van der Waals surface area (Å²) in [5, 5.41) is 9.62. The zero-order valence-electron chi connectivity index (χ0n) is 19.4. The van der Waals surface area contributed by atoms with Crippen molar-refractivity contribution < 1.29 is 19.2 Å². The van der Waals surface area contributed by atoms with E-state index in [0.717, 1.165) is 10.8 Å². The average molecular weight is 441 g/mol.